The van der Waals surface area contributed by atoms with Gasteiger partial charge in [0, 0.05) is 0 Å². The van der Waals surface area contributed by atoms with Crippen molar-refractivity contribution in [1.29, 1.82) is 0 Å². The average Bonchev–Trinajstić information content (AvgIpc) is 2.02. The Bertz CT molecular complexity index is 224. The monoisotopic (exact) mass is 202 g/mol. The minimum Gasteiger partial charge on any atom is -0.481 e. The van der Waals surface area contributed by atoms with Crippen LogP contribution in [0.25, 0.3) is 0 Å². The number of carboxylic acid groups (broad SMARTS) is 2. The summed E-state index contributed by atoms with van der Waals surface area (Å²) in [5, 5.41) is 17.4. The average molecular weight is 202 g/mol. The van der Waals surface area contributed by atoms with E-state index < -0.39 is 23.3 Å². The second-order valence-electron chi connectivity index (χ2n) is 4.18. The normalized spacial score (nSPS) is 17.1. The molecule has 0 aliphatic rings. The summed E-state index contributed by atoms with van der Waals surface area (Å²) in [6, 6.07) is 0. The molecule has 2 atom stereocenters. The van der Waals surface area contributed by atoms with Gasteiger partial charge in [0.2, 0.25) is 0 Å². The smallest absolute Gasteiger partial charge is 0.306 e. The number of carbonyl (C=O) groups is 2. The van der Waals surface area contributed by atoms with Crippen molar-refractivity contribution >= 4 is 11.9 Å². The van der Waals surface area contributed by atoms with Gasteiger partial charge in [0.1, 0.15) is 0 Å². The molecule has 4 nitrogen and oxygen atoms in total. The van der Waals surface area contributed by atoms with Gasteiger partial charge in [-0.05, 0) is 11.8 Å². The van der Waals surface area contributed by atoms with Crippen molar-refractivity contribution in [2.45, 2.75) is 40.0 Å². The lowest BCUT2D eigenvalue weighted by Gasteiger charge is -2.28. The molecule has 0 amide bonds. The van der Waals surface area contributed by atoms with Crippen LogP contribution >= 0.6 is 0 Å². The van der Waals surface area contributed by atoms with E-state index >= 15 is 0 Å². The second kappa shape index (κ2) is 4.98. The van der Waals surface area contributed by atoms with Crippen LogP contribution in [0.1, 0.15) is 40.0 Å². The highest BCUT2D eigenvalue weighted by Crippen LogP contribution is 2.33. The van der Waals surface area contributed by atoms with Crippen LogP contribution in [0.15, 0.2) is 0 Å². The zero-order chi connectivity index (χ0) is 11.4. The molecule has 2 N–H and O–H groups in total. The summed E-state index contributed by atoms with van der Waals surface area (Å²) in [6.45, 7) is 5.32. The Hall–Kier alpha value is -1.06. The molecule has 82 valence electrons. The fourth-order valence-electron chi connectivity index (χ4n) is 1.53. The van der Waals surface area contributed by atoms with Crippen molar-refractivity contribution in [3.63, 3.8) is 0 Å². The Morgan fingerprint density at radius 1 is 1.36 bits per heavy atom. The van der Waals surface area contributed by atoms with Crippen LogP contribution in [-0.2, 0) is 9.59 Å². The number of hydrogen-bond acceptors (Lipinski definition) is 2. The van der Waals surface area contributed by atoms with Crippen LogP contribution in [0, 0.1) is 11.3 Å². The van der Waals surface area contributed by atoms with Gasteiger partial charge >= 0.3 is 11.9 Å². The van der Waals surface area contributed by atoms with Gasteiger partial charge in [-0.25, -0.2) is 0 Å². The molecule has 0 saturated heterocycles. The molecule has 0 radical (unpaired) electrons. The van der Waals surface area contributed by atoms with Crippen LogP contribution in [-0.4, -0.2) is 22.2 Å². The molecule has 0 spiro atoms. The molecule has 0 heterocycles. The summed E-state index contributed by atoms with van der Waals surface area (Å²) in [4.78, 5) is 21.2. The first-order valence-electron chi connectivity index (χ1n) is 4.75. The van der Waals surface area contributed by atoms with Gasteiger partial charge in [-0.3, -0.25) is 9.59 Å². The van der Waals surface area contributed by atoms with E-state index in [0.717, 1.165) is 0 Å². The molecule has 0 bridgehead atoms. The first-order valence-corrected chi connectivity index (χ1v) is 4.75. The lowest BCUT2D eigenvalue weighted by Crippen LogP contribution is -2.25. The maximum Gasteiger partial charge on any atom is 0.306 e. The molecule has 0 aliphatic heterocycles. The fraction of sp³-hybridized carbons (Fsp3) is 0.800. The summed E-state index contributed by atoms with van der Waals surface area (Å²) in [5.41, 5.74) is -0.413. The molecular weight excluding hydrogens is 184 g/mol. The third kappa shape index (κ3) is 4.25. The minimum atomic E-state index is -0.869. The molecule has 0 aromatic heterocycles. The number of rotatable bonds is 6. The van der Waals surface area contributed by atoms with E-state index in [4.69, 9.17) is 10.2 Å². The fourth-order valence-corrected chi connectivity index (χ4v) is 1.53. The zero-order valence-corrected chi connectivity index (χ0v) is 8.91. The summed E-state index contributed by atoms with van der Waals surface area (Å²) in [5.74, 6) is -2.22. The van der Waals surface area contributed by atoms with Crippen molar-refractivity contribution in [2.75, 3.05) is 0 Å². The molecule has 0 aliphatic carbocycles. The lowest BCUT2D eigenvalue weighted by atomic mass is 9.77. The summed E-state index contributed by atoms with van der Waals surface area (Å²) in [6.07, 6.45) is 1.11. The highest BCUT2D eigenvalue weighted by molar-refractivity contribution is 5.70. The highest BCUT2D eigenvalue weighted by Gasteiger charge is 2.29. The third-order valence-electron chi connectivity index (χ3n) is 2.65. The topological polar surface area (TPSA) is 74.6 Å². The minimum absolute atomic E-state index is 0.0289. The zero-order valence-electron chi connectivity index (χ0n) is 8.91. The Kier molecular flexibility index (Phi) is 4.60. The van der Waals surface area contributed by atoms with Crippen LogP contribution < -0.4 is 0 Å². The SMILES string of the molecule is CCC(C)(CC(=O)O)CC(C)C(=O)O. The second-order valence-corrected chi connectivity index (χ2v) is 4.18. The first-order chi connectivity index (χ1) is 6.30. The number of aliphatic carboxylic acids is 2. The Labute approximate surface area is 83.9 Å². The van der Waals surface area contributed by atoms with Gasteiger partial charge in [-0.1, -0.05) is 27.2 Å². The Balaban J connectivity index is 4.38. The molecule has 0 saturated carbocycles. The first kappa shape index (κ1) is 12.9. The van der Waals surface area contributed by atoms with E-state index in [1.54, 1.807) is 6.92 Å². The van der Waals surface area contributed by atoms with E-state index in [1.807, 2.05) is 13.8 Å². The van der Waals surface area contributed by atoms with Crippen molar-refractivity contribution in [1.82, 2.24) is 0 Å². The van der Waals surface area contributed by atoms with Gasteiger partial charge in [0.05, 0.1) is 12.3 Å². The molecular formula is C10H18O4. The van der Waals surface area contributed by atoms with Gasteiger partial charge in [0.25, 0.3) is 0 Å². The van der Waals surface area contributed by atoms with Crippen LogP contribution in [0.3, 0.4) is 0 Å². The molecule has 4 heteroatoms. The molecule has 0 fully saturated rings. The predicted molar refractivity (Wildman–Crippen MR) is 52.1 cm³/mol. The van der Waals surface area contributed by atoms with Gasteiger partial charge in [-0.15, -0.1) is 0 Å². The molecule has 2 unspecified atom stereocenters. The Morgan fingerprint density at radius 2 is 1.86 bits per heavy atom. The van der Waals surface area contributed by atoms with E-state index in [2.05, 4.69) is 0 Å². The highest BCUT2D eigenvalue weighted by atomic mass is 16.4. The summed E-state index contributed by atoms with van der Waals surface area (Å²) in [7, 11) is 0. The largest absolute Gasteiger partial charge is 0.481 e. The van der Waals surface area contributed by atoms with Crippen molar-refractivity contribution < 1.29 is 19.8 Å². The van der Waals surface area contributed by atoms with Crippen molar-refractivity contribution in [3.05, 3.63) is 0 Å². The van der Waals surface area contributed by atoms with Gasteiger partial charge in [-0.2, -0.15) is 0 Å². The van der Waals surface area contributed by atoms with Crippen LogP contribution in [0.4, 0.5) is 0 Å². The lowest BCUT2D eigenvalue weighted by molar-refractivity contribution is -0.145. The van der Waals surface area contributed by atoms with Gasteiger partial charge < -0.3 is 10.2 Å². The quantitative estimate of drug-likeness (QED) is 0.690. The van der Waals surface area contributed by atoms with Crippen molar-refractivity contribution in [2.24, 2.45) is 11.3 Å². The maximum absolute atomic E-state index is 10.6. The summed E-state index contributed by atoms with van der Waals surface area (Å²) >= 11 is 0. The van der Waals surface area contributed by atoms with E-state index in [0.29, 0.717) is 12.8 Å². The number of carboxylic acids is 2. The molecule has 0 aromatic rings. The van der Waals surface area contributed by atoms with Crippen LogP contribution in [0.5, 0.6) is 0 Å². The summed E-state index contributed by atoms with van der Waals surface area (Å²) < 4.78 is 0. The molecule has 14 heavy (non-hydrogen) atoms. The van der Waals surface area contributed by atoms with E-state index in [-0.39, 0.29) is 6.42 Å². The van der Waals surface area contributed by atoms with Gasteiger partial charge in [0.15, 0.2) is 0 Å². The van der Waals surface area contributed by atoms with E-state index in [1.165, 1.54) is 0 Å². The maximum atomic E-state index is 10.6. The van der Waals surface area contributed by atoms with E-state index in [9.17, 15) is 9.59 Å². The van der Waals surface area contributed by atoms with Crippen LogP contribution in [0.2, 0.25) is 0 Å². The predicted octanol–water partition coefficient (Wildman–Crippen LogP) is 1.99. The third-order valence-corrected chi connectivity index (χ3v) is 2.65. The standard InChI is InChI=1S/C10H18O4/c1-4-10(3,6-8(11)12)5-7(2)9(13)14/h7H,4-6H2,1-3H3,(H,11,12)(H,13,14). The van der Waals surface area contributed by atoms with Crippen molar-refractivity contribution in [3.8, 4) is 0 Å². The molecule has 0 aromatic carbocycles. The Morgan fingerprint density at radius 3 is 2.14 bits per heavy atom. The number of hydrogen-bond donors (Lipinski definition) is 2. The molecule has 0 rings (SSSR count).